The van der Waals surface area contributed by atoms with E-state index in [2.05, 4.69) is 62.9 Å². The summed E-state index contributed by atoms with van der Waals surface area (Å²) in [6.07, 6.45) is 0. The monoisotopic (exact) mass is 602 g/mol. The number of hydrogen-bond acceptors (Lipinski definition) is 6. The van der Waals surface area contributed by atoms with E-state index < -0.39 is 5.82 Å². The molecule has 0 aliphatic carbocycles. The van der Waals surface area contributed by atoms with Crippen LogP contribution in [0, 0.1) is 17.1 Å². The fourth-order valence-corrected chi connectivity index (χ4v) is 5.77. The number of hydrogen-bond donors (Lipinski definition) is 3. The SMILES string of the molecule is Cl.N#Cc1c(-c2ccc(O)cc2F)nc2n[nH]c(-c3ccc(-c4ccccc4)cc3)c2c1-c1ccc(N2CCNCC2)cc1. The highest BCUT2D eigenvalue weighted by Gasteiger charge is 2.25. The van der Waals surface area contributed by atoms with E-state index in [9.17, 15) is 10.4 Å². The summed E-state index contributed by atoms with van der Waals surface area (Å²) < 4.78 is 15.1. The van der Waals surface area contributed by atoms with E-state index in [1.807, 2.05) is 42.5 Å². The lowest BCUT2D eigenvalue weighted by atomic mass is 9.91. The van der Waals surface area contributed by atoms with Gasteiger partial charge in [-0.1, -0.05) is 66.7 Å². The number of H-pyrrole nitrogens is 1. The highest BCUT2D eigenvalue weighted by atomic mass is 35.5. The van der Waals surface area contributed by atoms with Crippen molar-refractivity contribution in [1.82, 2.24) is 20.5 Å². The molecule has 0 atom stereocenters. The number of phenolic OH excluding ortho intramolecular Hbond substituents is 1. The third-order valence-electron chi connectivity index (χ3n) is 7.94. The molecule has 7 nitrogen and oxygen atoms in total. The number of benzene rings is 4. The molecular weight excluding hydrogens is 575 g/mol. The molecule has 1 fully saturated rings. The Morgan fingerprint density at radius 1 is 0.818 bits per heavy atom. The van der Waals surface area contributed by atoms with Crippen LogP contribution in [-0.2, 0) is 0 Å². The van der Waals surface area contributed by atoms with Crippen LogP contribution in [-0.4, -0.2) is 46.5 Å². The molecule has 1 aliphatic rings. The smallest absolute Gasteiger partial charge is 0.182 e. The Labute approximate surface area is 260 Å². The van der Waals surface area contributed by atoms with Gasteiger partial charge in [-0.3, -0.25) is 5.10 Å². The van der Waals surface area contributed by atoms with Gasteiger partial charge in [0, 0.05) is 54.6 Å². The second-order valence-electron chi connectivity index (χ2n) is 10.5. The number of piperazine rings is 1. The molecule has 4 aromatic carbocycles. The Morgan fingerprint density at radius 2 is 1.48 bits per heavy atom. The number of halogens is 2. The molecule has 0 amide bonds. The summed E-state index contributed by atoms with van der Waals surface area (Å²) >= 11 is 0. The molecule has 0 radical (unpaired) electrons. The Hall–Kier alpha value is -5.23. The van der Waals surface area contributed by atoms with Crippen molar-refractivity contribution < 1.29 is 9.50 Å². The summed E-state index contributed by atoms with van der Waals surface area (Å²) in [6, 6.07) is 32.6. The van der Waals surface area contributed by atoms with Crippen molar-refractivity contribution in [3.05, 3.63) is 108 Å². The predicted octanol–water partition coefficient (Wildman–Crippen LogP) is 7.17. The van der Waals surface area contributed by atoms with Gasteiger partial charge >= 0.3 is 0 Å². The van der Waals surface area contributed by atoms with Gasteiger partial charge in [-0.15, -0.1) is 12.4 Å². The normalized spacial score (nSPS) is 13.0. The quantitative estimate of drug-likeness (QED) is 0.193. The fourth-order valence-electron chi connectivity index (χ4n) is 5.77. The van der Waals surface area contributed by atoms with Crippen LogP contribution in [0.4, 0.5) is 10.1 Å². The number of aromatic nitrogens is 3. The number of aromatic hydroxyl groups is 1. The summed E-state index contributed by atoms with van der Waals surface area (Å²) in [4.78, 5) is 7.02. The number of phenols is 1. The molecule has 6 aromatic rings. The molecule has 0 spiro atoms. The first-order chi connectivity index (χ1) is 21.1. The third kappa shape index (κ3) is 5.24. The van der Waals surface area contributed by atoms with Gasteiger partial charge < -0.3 is 15.3 Å². The molecule has 1 saturated heterocycles. The molecule has 3 N–H and O–H groups in total. The van der Waals surface area contributed by atoms with Gasteiger partial charge in [0.15, 0.2) is 5.65 Å². The molecule has 218 valence electrons. The van der Waals surface area contributed by atoms with Crippen molar-refractivity contribution >= 4 is 29.1 Å². The second kappa shape index (κ2) is 12.2. The average Bonchev–Trinajstić information content (AvgIpc) is 3.48. The van der Waals surface area contributed by atoms with E-state index in [0.717, 1.165) is 65.9 Å². The number of nitrogens with one attached hydrogen (secondary N) is 2. The van der Waals surface area contributed by atoms with Crippen LogP contribution in [0.1, 0.15) is 5.56 Å². The Morgan fingerprint density at radius 3 is 2.16 bits per heavy atom. The van der Waals surface area contributed by atoms with E-state index >= 15 is 4.39 Å². The maximum absolute atomic E-state index is 15.1. The first-order valence-corrected chi connectivity index (χ1v) is 14.1. The van der Waals surface area contributed by atoms with E-state index in [4.69, 9.17) is 4.98 Å². The summed E-state index contributed by atoms with van der Waals surface area (Å²) in [5.74, 6) is -0.874. The van der Waals surface area contributed by atoms with E-state index in [-0.39, 0.29) is 35.0 Å². The maximum atomic E-state index is 15.1. The highest BCUT2D eigenvalue weighted by Crippen LogP contribution is 2.41. The van der Waals surface area contributed by atoms with Crippen molar-refractivity contribution in [2.24, 2.45) is 0 Å². The molecule has 3 heterocycles. The second-order valence-corrected chi connectivity index (χ2v) is 10.5. The number of anilines is 1. The van der Waals surface area contributed by atoms with Gasteiger partial charge in [0.1, 0.15) is 17.6 Å². The van der Waals surface area contributed by atoms with Crippen LogP contribution in [0.15, 0.2) is 97.1 Å². The van der Waals surface area contributed by atoms with Crippen LogP contribution >= 0.6 is 12.4 Å². The molecule has 0 bridgehead atoms. The largest absolute Gasteiger partial charge is 0.508 e. The summed E-state index contributed by atoms with van der Waals surface area (Å²) in [5.41, 5.74) is 7.21. The fraction of sp³-hybridized carbons (Fsp3) is 0.114. The van der Waals surface area contributed by atoms with Crippen LogP contribution in [0.25, 0.3) is 55.8 Å². The van der Waals surface area contributed by atoms with Crippen LogP contribution < -0.4 is 10.2 Å². The van der Waals surface area contributed by atoms with Crippen LogP contribution in [0.3, 0.4) is 0 Å². The molecule has 1 aliphatic heterocycles. The number of aromatic amines is 1. The maximum Gasteiger partial charge on any atom is 0.182 e. The Kier molecular flexibility index (Phi) is 7.99. The number of fused-ring (bicyclic) bond motifs is 1. The van der Waals surface area contributed by atoms with Gasteiger partial charge in [-0.05, 0) is 41.0 Å². The third-order valence-corrected chi connectivity index (χ3v) is 7.94. The number of nitrogens with zero attached hydrogens (tertiary/aromatic N) is 4. The van der Waals surface area contributed by atoms with Crippen LogP contribution in [0.2, 0.25) is 0 Å². The van der Waals surface area contributed by atoms with Crippen molar-refractivity contribution in [1.29, 1.82) is 5.26 Å². The molecule has 7 rings (SSSR count). The number of pyridine rings is 1. The van der Waals surface area contributed by atoms with Gasteiger partial charge in [0.05, 0.1) is 22.3 Å². The van der Waals surface area contributed by atoms with Crippen molar-refractivity contribution in [3.63, 3.8) is 0 Å². The van der Waals surface area contributed by atoms with Crippen LogP contribution in [0.5, 0.6) is 5.75 Å². The molecular formula is C35H28ClFN6O. The Bertz CT molecular complexity index is 1980. The van der Waals surface area contributed by atoms with Crippen molar-refractivity contribution in [3.8, 4) is 56.6 Å². The topological polar surface area (TPSA) is 101 Å². The number of rotatable bonds is 5. The first-order valence-electron chi connectivity index (χ1n) is 14.1. The predicted molar refractivity (Wildman–Crippen MR) is 174 cm³/mol. The van der Waals surface area contributed by atoms with Gasteiger partial charge in [0.25, 0.3) is 0 Å². The van der Waals surface area contributed by atoms with E-state index in [1.165, 1.54) is 12.1 Å². The zero-order valence-corrected chi connectivity index (χ0v) is 24.4. The average molecular weight is 603 g/mol. The van der Waals surface area contributed by atoms with Gasteiger partial charge in [-0.2, -0.15) is 10.4 Å². The lowest BCUT2D eigenvalue weighted by molar-refractivity contribution is 0.469. The van der Waals surface area contributed by atoms with E-state index in [1.54, 1.807) is 0 Å². The zero-order chi connectivity index (χ0) is 29.3. The highest BCUT2D eigenvalue weighted by molar-refractivity contribution is 6.06. The molecule has 44 heavy (non-hydrogen) atoms. The van der Waals surface area contributed by atoms with Crippen molar-refractivity contribution in [2.75, 3.05) is 31.1 Å². The van der Waals surface area contributed by atoms with Gasteiger partial charge in [-0.25, -0.2) is 9.37 Å². The minimum Gasteiger partial charge on any atom is -0.508 e. The Balaban J connectivity index is 0.00000343. The summed E-state index contributed by atoms with van der Waals surface area (Å²) in [6.45, 7) is 3.68. The molecule has 0 saturated carbocycles. The lowest BCUT2D eigenvalue weighted by Crippen LogP contribution is -2.43. The summed E-state index contributed by atoms with van der Waals surface area (Å²) in [5, 5.41) is 32.1. The lowest BCUT2D eigenvalue weighted by Gasteiger charge is -2.29. The minimum atomic E-state index is -0.671. The molecule has 0 unspecified atom stereocenters. The summed E-state index contributed by atoms with van der Waals surface area (Å²) in [7, 11) is 0. The zero-order valence-electron chi connectivity index (χ0n) is 23.6. The van der Waals surface area contributed by atoms with E-state index in [0.29, 0.717) is 16.6 Å². The van der Waals surface area contributed by atoms with Crippen molar-refractivity contribution in [2.45, 2.75) is 0 Å². The molecule has 2 aromatic heterocycles. The molecule has 9 heteroatoms. The minimum absolute atomic E-state index is 0. The van der Waals surface area contributed by atoms with Gasteiger partial charge in [0.2, 0.25) is 0 Å². The number of nitriles is 1. The first kappa shape index (κ1) is 28.9. The standard InChI is InChI=1S/C35H27FN6O.ClH/c36-30-20-27(43)14-15-28(30)34-29(21-37)31(24-10-12-26(13-11-24)42-18-16-38-17-19-42)32-33(40-41-35(32)39-34)25-8-6-23(7-9-25)22-4-2-1-3-5-22;/h1-15,20,38,43H,16-19H2,(H,39,40,41);1H.